The molecular weight excluding hydrogens is 208 g/mol. The molecule has 0 aliphatic heterocycles. The van der Waals surface area contributed by atoms with Gasteiger partial charge in [-0.25, -0.2) is 10.7 Å². The van der Waals surface area contributed by atoms with Crippen LogP contribution in [0.3, 0.4) is 0 Å². The number of hydrogen-bond acceptors (Lipinski definition) is 3. The molecule has 0 radical (unpaired) electrons. The Hall–Kier alpha value is -2.39. The van der Waals surface area contributed by atoms with E-state index in [0.717, 1.165) is 5.56 Å². The fraction of sp³-hybridized carbons (Fsp3) is 0.100. The van der Waals surface area contributed by atoms with Gasteiger partial charge in [-0.1, -0.05) is 24.3 Å². The van der Waals surface area contributed by atoms with Gasteiger partial charge in [-0.05, 0) is 5.56 Å². The van der Waals surface area contributed by atoms with E-state index in [1.54, 1.807) is 29.7 Å². The lowest BCUT2D eigenvalue weighted by molar-refractivity contribution is -0.139. The average molecular weight is 218 g/mol. The van der Waals surface area contributed by atoms with E-state index in [1.165, 1.54) is 0 Å². The first-order valence-electron chi connectivity index (χ1n) is 4.42. The third-order valence-corrected chi connectivity index (χ3v) is 1.86. The Morgan fingerprint density at radius 3 is 2.38 bits per heavy atom. The predicted octanol–water partition coefficient (Wildman–Crippen LogP) is -0.157. The van der Waals surface area contributed by atoms with E-state index in [0.29, 0.717) is 5.69 Å². The normalized spacial score (nSPS) is 9.00. The van der Waals surface area contributed by atoms with Crippen LogP contribution in [-0.4, -0.2) is 11.8 Å². The molecule has 0 saturated heterocycles. The molecule has 1 rings (SSSR count). The first-order valence-corrected chi connectivity index (χ1v) is 4.42. The number of nitrogens with zero attached hydrogens (tertiary/aromatic N) is 1. The smallest absolute Gasteiger partial charge is 0.323 e. The van der Waals surface area contributed by atoms with Crippen molar-refractivity contribution in [2.75, 3.05) is 0 Å². The molecule has 1 aromatic carbocycles. The molecule has 6 nitrogen and oxygen atoms in total. The standard InChI is InChI=1S/C10H10N4O2/c1-12-8-4-2-7(3-5-8)6-13-9(15)10(16)14-11/h2-5H,6,11H2,(H,13,15)(H,14,16). The summed E-state index contributed by atoms with van der Waals surface area (Å²) in [5.74, 6) is 3.10. The maximum atomic E-state index is 11.0. The monoisotopic (exact) mass is 218 g/mol. The third kappa shape index (κ3) is 3.08. The number of amides is 2. The fourth-order valence-electron chi connectivity index (χ4n) is 1.02. The molecule has 6 heteroatoms. The Bertz CT molecular complexity index is 433. The van der Waals surface area contributed by atoms with Crippen molar-refractivity contribution >= 4 is 17.5 Å². The molecule has 0 saturated carbocycles. The summed E-state index contributed by atoms with van der Waals surface area (Å²) < 4.78 is 0. The highest BCUT2D eigenvalue weighted by Crippen LogP contribution is 2.12. The molecule has 0 heterocycles. The van der Waals surface area contributed by atoms with E-state index in [9.17, 15) is 9.59 Å². The molecule has 0 spiro atoms. The highest BCUT2D eigenvalue weighted by atomic mass is 16.2. The van der Waals surface area contributed by atoms with Crippen molar-refractivity contribution in [3.8, 4) is 0 Å². The number of carbonyl (C=O) groups excluding carboxylic acids is 2. The molecule has 0 fully saturated rings. The van der Waals surface area contributed by atoms with Gasteiger partial charge in [-0.3, -0.25) is 15.0 Å². The van der Waals surface area contributed by atoms with Crippen molar-refractivity contribution in [2.45, 2.75) is 6.54 Å². The van der Waals surface area contributed by atoms with E-state index in [2.05, 4.69) is 10.2 Å². The van der Waals surface area contributed by atoms with E-state index >= 15 is 0 Å². The molecule has 4 N–H and O–H groups in total. The maximum Gasteiger partial charge on any atom is 0.323 e. The van der Waals surface area contributed by atoms with Crippen molar-refractivity contribution in [2.24, 2.45) is 5.84 Å². The second-order valence-electron chi connectivity index (χ2n) is 2.93. The van der Waals surface area contributed by atoms with Gasteiger partial charge in [0.05, 0.1) is 6.57 Å². The zero-order valence-corrected chi connectivity index (χ0v) is 8.36. The molecule has 16 heavy (non-hydrogen) atoms. The number of nitrogens with two attached hydrogens (primary N) is 1. The quantitative estimate of drug-likeness (QED) is 0.212. The summed E-state index contributed by atoms with van der Waals surface area (Å²) in [6.45, 7) is 6.97. The van der Waals surface area contributed by atoms with Crippen LogP contribution in [0.2, 0.25) is 0 Å². The van der Waals surface area contributed by atoms with E-state index in [4.69, 9.17) is 12.4 Å². The molecule has 0 aliphatic carbocycles. The predicted molar refractivity (Wildman–Crippen MR) is 56.9 cm³/mol. The second-order valence-corrected chi connectivity index (χ2v) is 2.93. The van der Waals surface area contributed by atoms with Crippen LogP contribution in [0.1, 0.15) is 5.56 Å². The van der Waals surface area contributed by atoms with Gasteiger partial charge < -0.3 is 5.32 Å². The van der Waals surface area contributed by atoms with Crippen LogP contribution in [0.25, 0.3) is 4.85 Å². The van der Waals surface area contributed by atoms with Crippen molar-refractivity contribution < 1.29 is 9.59 Å². The highest BCUT2D eigenvalue weighted by molar-refractivity contribution is 6.34. The lowest BCUT2D eigenvalue weighted by Crippen LogP contribution is -2.42. The second kappa shape index (κ2) is 5.48. The van der Waals surface area contributed by atoms with Crippen molar-refractivity contribution in [3.05, 3.63) is 41.2 Å². The third-order valence-electron chi connectivity index (χ3n) is 1.86. The van der Waals surface area contributed by atoms with Crippen LogP contribution in [0.5, 0.6) is 0 Å². The van der Waals surface area contributed by atoms with Crippen LogP contribution in [0, 0.1) is 6.57 Å². The fourth-order valence-corrected chi connectivity index (χ4v) is 1.02. The Morgan fingerprint density at radius 2 is 1.88 bits per heavy atom. The Morgan fingerprint density at radius 1 is 1.25 bits per heavy atom. The zero-order chi connectivity index (χ0) is 12.0. The number of benzene rings is 1. The number of hydrogen-bond donors (Lipinski definition) is 3. The van der Waals surface area contributed by atoms with Gasteiger partial charge in [0.15, 0.2) is 5.69 Å². The van der Waals surface area contributed by atoms with Crippen LogP contribution in [0.4, 0.5) is 5.69 Å². The number of carbonyl (C=O) groups is 2. The topological polar surface area (TPSA) is 88.6 Å². The minimum atomic E-state index is -0.891. The van der Waals surface area contributed by atoms with E-state index < -0.39 is 11.8 Å². The Balaban J connectivity index is 2.52. The van der Waals surface area contributed by atoms with Gasteiger partial charge in [0.2, 0.25) is 0 Å². The minimum Gasteiger partial charge on any atom is -0.344 e. The van der Waals surface area contributed by atoms with Crippen LogP contribution in [-0.2, 0) is 16.1 Å². The van der Waals surface area contributed by atoms with Crippen molar-refractivity contribution in [3.63, 3.8) is 0 Å². The van der Waals surface area contributed by atoms with Crippen LogP contribution >= 0.6 is 0 Å². The van der Waals surface area contributed by atoms with Crippen molar-refractivity contribution in [1.29, 1.82) is 0 Å². The molecule has 0 aliphatic rings. The van der Waals surface area contributed by atoms with E-state index in [1.807, 2.05) is 0 Å². The van der Waals surface area contributed by atoms with Gasteiger partial charge in [0.25, 0.3) is 0 Å². The molecular formula is C10H10N4O2. The number of hydrazine groups is 1. The van der Waals surface area contributed by atoms with Crippen LogP contribution < -0.4 is 16.6 Å². The largest absolute Gasteiger partial charge is 0.344 e. The first kappa shape index (κ1) is 11.7. The van der Waals surface area contributed by atoms with Gasteiger partial charge in [-0.2, -0.15) is 0 Å². The lowest BCUT2D eigenvalue weighted by Gasteiger charge is -2.03. The molecule has 1 aromatic rings. The summed E-state index contributed by atoms with van der Waals surface area (Å²) in [6, 6.07) is 6.68. The molecule has 2 amide bonds. The summed E-state index contributed by atoms with van der Waals surface area (Å²) in [5, 5.41) is 2.38. The van der Waals surface area contributed by atoms with Gasteiger partial charge in [-0.15, -0.1) is 0 Å². The first-order chi connectivity index (χ1) is 7.67. The van der Waals surface area contributed by atoms with Crippen molar-refractivity contribution in [1.82, 2.24) is 10.7 Å². The van der Waals surface area contributed by atoms with E-state index in [-0.39, 0.29) is 6.54 Å². The molecule has 0 bridgehead atoms. The molecule has 82 valence electrons. The average Bonchev–Trinajstić information content (AvgIpc) is 2.35. The molecule has 0 unspecified atom stereocenters. The molecule has 0 atom stereocenters. The number of rotatable bonds is 2. The number of nitrogens with one attached hydrogen (secondary N) is 2. The van der Waals surface area contributed by atoms with Gasteiger partial charge in [0.1, 0.15) is 0 Å². The summed E-state index contributed by atoms with van der Waals surface area (Å²) in [4.78, 5) is 25.0. The Kier molecular flexibility index (Phi) is 4.00. The summed E-state index contributed by atoms with van der Waals surface area (Å²) in [6.07, 6.45) is 0. The van der Waals surface area contributed by atoms with Crippen LogP contribution in [0.15, 0.2) is 24.3 Å². The summed E-state index contributed by atoms with van der Waals surface area (Å²) >= 11 is 0. The summed E-state index contributed by atoms with van der Waals surface area (Å²) in [5.41, 5.74) is 3.05. The lowest BCUT2D eigenvalue weighted by atomic mass is 10.2. The highest BCUT2D eigenvalue weighted by Gasteiger charge is 2.10. The minimum absolute atomic E-state index is 0.213. The zero-order valence-electron chi connectivity index (χ0n) is 8.36. The Labute approximate surface area is 92.2 Å². The molecule has 0 aromatic heterocycles. The van der Waals surface area contributed by atoms with Gasteiger partial charge in [0, 0.05) is 6.54 Å². The summed E-state index contributed by atoms with van der Waals surface area (Å²) in [7, 11) is 0. The SMILES string of the molecule is [C-]#[N+]c1ccc(CNC(=O)C(=O)NN)cc1. The maximum absolute atomic E-state index is 11.0. The van der Waals surface area contributed by atoms with Gasteiger partial charge >= 0.3 is 11.8 Å².